The molecule has 1 saturated carbocycles. The molecule has 0 heterocycles. The second-order valence-corrected chi connectivity index (χ2v) is 4.41. The lowest BCUT2D eigenvalue weighted by molar-refractivity contribution is -0.116. The van der Waals surface area contributed by atoms with Crippen molar-refractivity contribution < 1.29 is 19.4 Å². The molecule has 0 radical (unpaired) electrons. The molecule has 1 aromatic rings. The fourth-order valence-corrected chi connectivity index (χ4v) is 1.73. The average Bonchev–Trinajstić information content (AvgIpc) is 3.12. The van der Waals surface area contributed by atoms with Gasteiger partial charge in [0.25, 0.3) is 0 Å². The number of hydrogen-bond donors (Lipinski definition) is 2. The lowest BCUT2D eigenvalue weighted by Gasteiger charge is -2.10. The van der Waals surface area contributed by atoms with Gasteiger partial charge in [-0.3, -0.25) is 4.79 Å². The second kappa shape index (κ2) is 5.08. The van der Waals surface area contributed by atoms with E-state index in [1.807, 2.05) is 0 Å². The van der Waals surface area contributed by atoms with Crippen LogP contribution in [-0.2, 0) is 4.79 Å². The van der Waals surface area contributed by atoms with E-state index >= 15 is 0 Å². The van der Waals surface area contributed by atoms with Gasteiger partial charge in [-0.1, -0.05) is 0 Å². The van der Waals surface area contributed by atoms with Gasteiger partial charge in [-0.15, -0.1) is 0 Å². The molecule has 0 atom stereocenters. The number of carbonyl (C=O) groups excluding carboxylic acids is 1. The summed E-state index contributed by atoms with van der Waals surface area (Å²) in [5.41, 5.74) is 0.354. The molecule has 1 aliphatic carbocycles. The molecule has 5 heteroatoms. The molecule has 2 N–H and O–H groups in total. The number of hydrogen-bond acceptors (Lipinski definition) is 3. The number of carbonyl (C=O) groups is 2. The summed E-state index contributed by atoms with van der Waals surface area (Å²) in [5.74, 6) is -0.238. The zero-order valence-electron chi connectivity index (χ0n) is 10.1. The Morgan fingerprint density at radius 3 is 2.72 bits per heavy atom. The van der Waals surface area contributed by atoms with Crippen LogP contribution in [0.15, 0.2) is 18.2 Å². The molecule has 96 valence electrons. The van der Waals surface area contributed by atoms with E-state index in [1.54, 1.807) is 6.07 Å². The Morgan fingerprint density at radius 2 is 2.17 bits per heavy atom. The molecule has 0 bridgehead atoms. The maximum Gasteiger partial charge on any atom is 0.337 e. The molecule has 0 aliphatic heterocycles. The summed E-state index contributed by atoms with van der Waals surface area (Å²) in [4.78, 5) is 22.7. The molecule has 2 rings (SSSR count). The number of ether oxygens (including phenoxy) is 1. The molecule has 0 spiro atoms. The summed E-state index contributed by atoms with van der Waals surface area (Å²) < 4.78 is 5.02. The number of carboxylic acids is 1. The third-order valence-corrected chi connectivity index (χ3v) is 2.90. The van der Waals surface area contributed by atoms with Crippen molar-refractivity contribution in [2.45, 2.75) is 19.3 Å². The summed E-state index contributed by atoms with van der Waals surface area (Å²) in [6.07, 6.45) is 2.62. The molecule has 18 heavy (non-hydrogen) atoms. The fourth-order valence-electron chi connectivity index (χ4n) is 1.73. The first-order valence-corrected chi connectivity index (χ1v) is 5.81. The van der Waals surface area contributed by atoms with Crippen LogP contribution in [0.4, 0.5) is 5.69 Å². The van der Waals surface area contributed by atoms with Gasteiger partial charge < -0.3 is 15.2 Å². The number of anilines is 1. The van der Waals surface area contributed by atoms with Crippen molar-refractivity contribution in [2.24, 2.45) is 5.92 Å². The van der Waals surface area contributed by atoms with E-state index < -0.39 is 5.97 Å². The standard InChI is InChI=1S/C13H15NO4/c1-18-9-4-5-10(13(16)17)11(7-9)14-12(15)6-8-2-3-8/h4-5,7-8H,2-3,6H2,1H3,(H,14,15)(H,16,17). The lowest BCUT2D eigenvalue weighted by atomic mass is 10.1. The van der Waals surface area contributed by atoms with Gasteiger partial charge in [0, 0.05) is 12.5 Å². The Bertz CT molecular complexity index is 480. The average molecular weight is 249 g/mol. The third-order valence-electron chi connectivity index (χ3n) is 2.90. The molecular weight excluding hydrogens is 234 g/mol. The van der Waals surface area contributed by atoms with Crippen LogP contribution < -0.4 is 10.1 Å². The summed E-state index contributed by atoms with van der Waals surface area (Å²) in [6, 6.07) is 4.50. The minimum atomic E-state index is -1.07. The van der Waals surface area contributed by atoms with E-state index in [0.29, 0.717) is 18.1 Å². The molecule has 0 aromatic heterocycles. The van der Waals surface area contributed by atoms with Gasteiger partial charge in [-0.25, -0.2) is 4.79 Å². The smallest absolute Gasteiger partial charge is 0.337 e. The van der Waals surface area contributed by atoms with Crippen molar-refractivity contribution in [1.82, 2.24) is 0 Å². The normalized spacial score (nSPS) is 14.1. The van der Waals surface area contributed by atoms with Crippen LogP contribution in [0.5, 0.6) is 5.75 Å². The lowest BCUT2D eigenvalue weighted by Crippen LogP contribution is -2.15. The summed E-state index contributed by atoms with van der Waals surface area (Å²) in [7, 11) is 1.49. The van der Waals surface area contributed by atoms with E-state index in [0.717, 1.165) is 12.8 Å². The largest absolute Gasteiger partial charge is 0.497 e. The highest BCUT2D eigenvalue weighted by Crippen LogP contribution is 2.33. The first-order valence-electron chi connectivity index (χ1n) is 5.81. The highest BCUT2D eigenvalue weighted by Gasteiger charge is 2.25. The van der Waals surface area contributed by atoms with Crippen molar-refractivity contribution >= 4 is 17.6 Å². The van der Waals surface area contributed by atoms with Gasteiger partial charge in [0.2, 0.25) is 5.91 Å². The van der Waals surface area contributed by atoms with Crippen LogP contribution in [-0.4, -0.2) is 24.1 Å². The van der Waals surface area contributed by atoms with Gasteiger partial charge >= 0.3 is 5.97 Å². The summed E-state index contributed by atoms with van der Waals surface area (Å²) >= 11 is 0. The highest BCUT2D eigenvalue weighted by atomic mass is 16.5. The Balaban J connectivity index is 2.16. The molecule has 1 aromatic carbocycles. The maximum atomic E-state index is 11.7. The van der Waals surface area contributed by atoms with E-state index in [2.05, 4.69) is 5.32 Å². The van der Waals surface area contributed by atoms with Crippen LogP contribution in [0.2, 0.25) is 0 Å². The van der Waals surface area contributed by atoms with Crippen LogP contribution >= 0.6 is 0 Å². The van der Waals surface area contributed by atoms with Crippen molar-refractivity contribution in [3.63, 3.8) is 0 Å². The minimum Gasteiger partial charge on any atom is -0.497 e. The van der Waals surface area contributed by atoms with Crippen LogP contribution in [0.25, 0.3) is 0 Å². The monoisotopic (exact) mass is 249 g/mol. The van der Waals surface area contributed by atoms with E-state index in [-0.39, 0.29) is 17.2 Å². The number of methoxy groups -OCH3 is 1. The van der Waals surface area contributed by atoms with Gasteiger partial charge in [0.15, 0.2) is 0 Å². The van der Waals surface area contributed by atoms with Crippen LogP contribution in [0, 0.1) is 5.92 Å². The first-order chi connectivity index (χ1) is 8.60. The molecule has 1 fully saturated rings. The number of amides is 1. The zero-order chi connectivity index (χ0) is 13.1. The van der Waals surface area contributed by atoms with Gasteiger partial charge in [0.1, 0.15) is 5.75 Å². The number of carboxylic acid groups (broad SMARTS) is 1. The SMILES string of the molecule is COc1ccc(C(=O)O)c(NC(=O)CC2CC2)c1. The topological polar surface area (TPSA) is 75.6 Å². The summed E-state index contributed by atoms with van der Waals surface area (Å²) in [5, 5.41) is 11.7. The predicted octanol–water partition coefficient (Wildman–Crippen LogP) is 2.13. The third kappa shape index (κ3) is 3.00. The minimum absolute atomic E-state index is 0.0694. The Kier molecular flexibility index (Phi) is 3.50. The molecule has 5 nitrogen and oxygen atoms in total. The van der Waals surface area contributed by atoms with Crippen molar-refractivity contribution in [3.05, 3.63) is 23.8 Å². The van der Waals surface area contributed by atoms with E-state index in [4.69, 9.17) is 9.84 Å². The van der Waals surface area contributed by atoms with Crippen molar-refractivity contribution in [1.29, 1.82) is 0 Å². The predicted molar refractivity (Wildman–Crippen MR) is 65.9 cm³/mol. The number of benzene rings is 1. The molecule has 1 aliphatic rings. The van der Waals surface area contributed by atoms with Crippen molar-refractivity contribution in [3.8, 4) is 5.75 Å². The van der Waals surface area contributed by atoms with Gasteiger partial charge in [-0.05, 0) is 30.9 Å². The second-order valence-electron chi connectivity index (χ2n) is 4.41. The Hall–Kier alpha value is -2.04. The molecule has 0 saturated heterocycles. The first kappa shape index (κ1) is 12.4. The fraction of sp³-hybridized carbons (Fsp3) is 0.385. The molecular formula is C13H15NO4. The number of nitrogens with one attached hydrogen (secondary N) is 1. The van der Waals surface area contributed by atoms with Gasteiger partial charge in [0.05, 0.1) is 18.4 Å². The van der Waals surface area contributed by atoms with E-state index in [9.17, 15) is 9.59 Å². The number of rotatable bonds is 5. The highest BCUT2D eigenvalue weighted by molar-refractivity contribution is 6.00. The molecule has 1 amide bonds. The number of aromatic carboxylic acids is 1. The summed E-state index contributed by atoms with van der Waals surface area (Å²) in [6.45, 7) is 0. The molecule has 0 unspecified atom stereocenters. The van der Waals surface area contributed by atoms with E-state index in [1.165, 1.54) is 19.2 Å². The quantitative estimate of drug-likeness (QED) is 0.838. The van der Waals surface area contributed by atoms with Crippen LogP contribution in [0.1, 0.15) is 29.6 Å². The Morgan fingerprint density at radius 1 is 1.44 bits per heavy atom. The Labute approximate surface area is 105 Å². The van der Waals surface area contributed by atoms with Crippen molar-refractivity contribution in [2.75, 3.05) is 12.4 Å². The van der Waals surface area contributed by atoms with Crippen LogP contribution in [0.3, 0.4) is 0 Å². The van der Waals surface area contributed by atoms with Gasteiger partial charge in [-0.2, -0.15) is 0 Å². The maximum absolute atomic E-state index is 11.7. The zero-order valence-corrected chi connectivity index (χ0v) is 10.1.